The molecule has 312 valence electrons. The summed E-state index contributed by atoms with van der Waals surface area (Å²) in [5, 5.41) is 0. The van der Waals surface area contributed by atoms with Crippen molar-refractivity contribution in [3.63, 3.8) is 0 Å². The van der Waals surface area contributed by atoms with Gasteiger partial charge in [0.1, 0.15) is 0 Å². The van der Waals surface area contributed by atoms with Gasteiger partial charge in [-0.25, -0.2) is 0 Å². The van der Waals surface area contributed by atoms with E-state index in [0.717, 1.165) is 0 Å². The molecule has 60 heavy (non-hydrogen) atoms. The maximum absolute atomic E-state index is 9.82. The van der Waals surface area contributed by atoms with Crippen LogP contribution in [0.2, 0.25) is 0 Å². The van der Waals surface area contributed by atoms with Gasteiger partial charge in [-0.2, -0.15) is 0 Å². The third kappa shape index (κ3) is 57.4. The second kappa shape index (κ2) is 51.7. The molecule has 4 heteroatoms. The Morgan fingerprint density at radius 1 is 0.217 bits per heavy atom. The number of carbonyl (C=O) groups excluding carboxylic acids is 2. The largest absolute Gasteiger partial charge is 0.466 e. The maximum Gasteiger partial charge on any atom is 0.302 e. The number of hydrogen-bond acceptors (Lipinski definition) is 4. The third-order valence-electron chi connectivity index (χ3n) is 6.03. The maximum atomic E-state index is 9.82. The highest BCUT2D eigenvalue weighted by molar-refractivity contribution is 5.66. The first-order chi connectivity index (χ1) is 29.5. The van der Waals surface area contributed by atoms with E-state index in [2.05, 4.69) is 9.47 Å². The van der Waals surface area contributed by atoms with E-state index in [1.807, 2.05) is 291 Å². The predicted octanol–water partition coefficient (Wildman–Crippen LogP) is 14.6. The molecular weight excluding hydrogens is 737 g/mol. The fourth-order valence-electron chi connectivity index (χ4n) is 3.49. The van der Waals surface area contributed by atoms with Gasteiger partial charge in [-0.15, -0.1) is 0 Å². The van der Waals surface area contributed by atoms with Crippen LogP contribution in [0.4, 0.5) is 0 Å². The number of ether oxygens (including phenoxy) is 2. The summed E-state index contributed by atoms with van der Waals surface area (Å²) in [6, 6.07) is 96.0. The summed E-state index contributed by atoms with van der Waals surface area (Å²) in [4.78, 5) is 19.6. The van der Waals surface area contributed by atoms with Gasteiger partial charge in [0, 0.05) is 13.8 Å². The first-order valence-corrected chi connectivity index (χ1v) is 19.8. The van der Waals surface area contributed by atoms with Crippen LogP contribution in [0, 0.1) is 0 Å². The Morgan fingerprint density at radius 3 is 0.300 bits per heavy atom. The predicted molar refractivity (Wildman–Crippen MR) is 256 cm³/mol. The van der Waals surface area contributed by atoms with Crippen molar-refractivity contribution >= 4 is 11.9 Å². The lowest BCUT2D eigenvalue weighted by atomic mass is 10.4. The second-order valence-corrected chi connectivity index (χ2v) is 11.1. The zero-order chi connectivity index (χ0) is 43.9. The highest BCUT2D eigenvalue weighted by atomic mass is 16.5. The van der Waals surface area contributed by atoms with Crippen LogP contribution in [0.3, 0.4) is 0 Å². The van der Waals surface area contributed by atoms with Gasteiger partial charge in [-0.05, 0) is 13.8 Å². The van der Waals surface area contributed by atoms with Crippen LogP contribution in [0.15, 0.2) is 291 Å². The standard InChI is InChI=1S/8C6H6.2C4H8O2/c8*1-2-4-6-5-3-1;2*1-3-6-4(2)5/h8*1-6H;2*3H2,1-2H3. The third-order valence-corrected chi connectivity index (χ3v) is 6.03. The molecule has 8 aromatic rings. The fourth-order valence-corrected chi connectivity index (χ4v) is 3.49. The van der Waals surface area contributed by atoms with Gasteiger partial charge in [-0.3, -0.25) is 9.59 Å². The van der Waals surface area contributed by atoms with Gasteiger partial charge < -0.3 is 9.47 Å². The van der Waals surface area contributed by atoms with Crippen molar-refractivity contribution in [1.82, 2.24) is 0 Å². The van der Waals surface area contributed by atoms with Crippen LogP contribution in [0.1, 0.15) is 27.7 Å². The molecule has 0 radical (unpaired) electrons. The molecule has 0 amide bonds. The second-order valence-electron chi connectivity index (χ2n) is 11.1. The average Bonchev–Trinajstić information content (AvgIpc) is 3.35. The average molecular weight is 801 g/mol. The number of hydrogen-bond donors (Lipinski definition) is 0. The lowest BCUT2D eigenvalue weighted by Gasteiger charge is -1.89. The van der Waals surface area contributed by atoms with E-state index in [4.69, 9.17) is 0 Å². The van der Waals surface area contributed by atoms with Gasteiger partial charge in [0.25, 0.3) is 0 Å². The SMILES string of the molecule is CCOC(C)=O.CCOC(C)=O.c1ccccc1.c1ccccc1.c1ccccc1.c1ccccc1.c1ccccc1.c1ccccc1.c1ccccc1.c1ccccc1. The first-order valence-electron chi connectivity index (χ1n) is 19.8. The minimum atomic E-state index is -0.211. The van der Waals surface area contributed by atoms with E-state index in [0.29, 0.717) is 13.2 Å². The van der Waals surface area contributed by atoms with Crippen LogP contribution >= 0.6 is 0 Å². The fraction of sp³-hybridized carbons (Fsp3) is 0.107. The summed E-state index contributed by atoms with van der Waals surface area (Å²) < 4.78 is 8.81. The molecule has 0 N–H and O–H groups in total. The lowest BCUT2D eigenvalue weighted by molar-refractivity contribution is -0.141. The summed E-state index contributed by atoms with van der Waals surface area (Å²) in [6.45, 7) is 7.31. The zero-order valence-corrected chi connectivity index (χ0v) is 35.8. The molecule has 0 bridgehead atoms. The minimum absolute atomic E-state index is 0.211. The quantitative estimate of drug-likeness (QED) is 0.163. The molecule has 0 fully saturated rings. The van der Waals surface area contributed by atoms with E-state index in [9.17, 15) is 9.59 Å². The molecule has 0 aliphatic carbocycles. The highest BCUT2D eigenvalue weighted by Gasteiger charge is 1.82. The lowest BCUT2D eigenvalue weighted by Crippen LogP contribution is -1.95. The van der Waals surface area contributed by atoms with E-state index >= 15 is 0 Å². The molecule has 8 aromatic carbocycles. The molecule has 0 unspecified atom stereocenters. The van der Waals surface area contributed by atoms with E-state index in [-0.39, 0.29) is 11.9 Å². The summed E-state index contributed by atoms with van der Waals surface area (Å²) in [5.74, 6) is -0.421. The smallest absolute Gasteiger partial charge is 0.302 e. The van der Waals surface area contributed by atoms with Gasteiger partial charge in [-0.1, -0.05) is 291 Å². The minimum Gasteiger partial charge on any atom is -0.466 e. The van der Waals surface area contributed by atoms with Gasteiger partial charge in [0.15, 0.2) is 0 Å². The molecule has 0 aliphatic rings. The van der Waals surface area contributed by atoms with Crippen molar-refractivity contribution in [3.05, 3.63) is 291 Å². The van der Waals surface area contributed by atoms with Crippen LogP contribution in [0.25, 0.3) is 0 Å². The van der Waals surface area contributed by atoms with Crippen molar-refractivity contribution in [2.75, 3.05) is 13.2 Å². The molecule has 0 spiro atoms. The molecular formula is C56H64O4. The van der Waals surface area contributed by atoms with E-state index in [1.165, 1.54) is 13.8 Å². The number of esters is 2. The Balaban J connectivity index is 0. The van der Waals surface area contributed by atoms with Crippen molar-refractivity contribution in [2.24, 2.45) is 0 Å². The van der Waals surface area contributed by atoms with Gasteiger partial charge >= 0.3 is 11.9 Å². The molecule has 0 atom stereocenters. The van der Waals surface area contributed by atoms with E-state index in [1.54, 1.807) is 13.8 Å². The molecule has 0 saturated carbocycles. The Bertz CT molecular complexity index is 1220. The Kier molecular flexibility index (Phi) is 47.2. The number of carbonyl (C=O) groups is 2. The summed E-state index contributed by atoms with van der Waals surface area (Å²) in [7, 11) is 0. The normalized spacial score (nSPS) is 7.93. The molecule has 0 aromatic heterocycles. The molecule has 8 rings (SSSR count). The van der Waals surface area contributed by atoms with Crippen LogP contribution in [-0.2, 0) is 19.1 Å². The van der Waals surface area contributed by atoms with Gasteiger partial charge in [0.05, 0.1) is 13.2 Å². The zero-order valence-electron chi connectivity index (χ0n) is 35.8. The van der Waals surface area contributed by atoms with E-state index < -0.39 is 0 Å². The molecule has 4 nitrogen and oxygen atoms in total. The highest BCUT2D eigenvalue weighted by Crippen LogP contribution is 1.84. The molecule has 0 aliphatic heterocycles. The molecule has 0 saturated heterocycles. The van der Waals surface area contributed by atoms with Gasteiger partial charge in [0.2, 0.25) is 0 Å². The Morgan fingerprint density at radius 2 is 0.283 bits per heavy atom. The summed E-state index contributed by atoms with van der Waals surface area (Å²) >= 11 is 0. The van der Waals surface area contributed by atoms with Crippen LogP contribution in [0.5, 0.6) is 0 Å². The topological polar surface area (TPSA) is 52.6 Å². The number of rotatable bonds is 2. The van der Waals surface area contributed by atoms with Crippen molar-refractivity contribution < 1.29 is 19.1 Å². The van der Waals surface area contributed by atoms with Crippen molar-refractivity contribution in [1.29, 1.82) is 0 Å². The van der Waals surface area contributed by atoms with Crippen LogP contribution in [-0.4, -0.2) is 25.2 Å². The summed E-state index contributed by atoms with van der Waals surface area (Å²) in [5.41, 5.74) is 0. The first kappa shape index (κ1) is 54.8. The number of benzene rings is 8. The van der Waals surface area contributed by atoms with Crippen molar-refractivity contribution in [2.45, 2.75) is 27.7 Å². The van der Waals surface area contributed by atoms with Crippen LogP contribution < -0.4 is 0 Å². The summed E-state index contributed by atoms with van der Waals surface area (Å²) in [6.07, 6.45) is 0. The molecule has 0 heterocycles. The Hall–Kier alpha value is -7.30. The Labute approximate surface area is 361 Å². The van der Waals surface area contributed by atoms with Crippen molar-refractivity contribution in [3.8, 4) is 0 Å². The monoisotopic (exact) mass is 800 g/mol.